The molecule has 1 rings (SSSR count). The number of nitrogens with zero attached hydrogens (tertiary/aromatic N) is 1. The summed E-state index contributed by atoms with van der Waals surface area (Å²) in [7, 11) is -1.94. The van der Waals surface area contributed by atoms with Gasteiger partial charge >= 0.3 is 0 Å². The SMILES string of the molecule is CCN(CCOC)S(=O)(=O)c1cc(CCl)sc1Br. The molecule has 4 nitrogen and oxygen atoms in total. The van der Waals surface area contributed by atoms with Gasteiger partial charge in [-0.25, -0.2) is 8.42 Å². The van der Waals surface area contributed by atoms with Crippen molar-refractivity contribution in [3.63, 3.8) is 0 Å². The van der Waals surface area contributed by atoms with Gasteiger partial charge in [-0.15, -0.1) is 22.9 Å². The van der Waals surface area contributed by atoms with Crippen LogP contribution in [0.3, 0.4) is 0 Å². The van der Waals surface area contributed by atoms with Crippen molar-refractivity contribution < 1.29 is 13.2 Å². The first kappa shape index (κ1) is 16.4. The first-order chi connectivity index (χ1) is 8.47. The number of methoxy groups -OCH3 is 1. The number of alkyl halides is 1. The van der Waals surface area contributed by atoms with Crippen molar-refractivity contribution in [2.45, 2.75) is 17.7 Å². The lowest BCUT2D eigenvalue weighted by Gasteiger charge is -2.19. The fraction of sp³-hybridized carbons (Fsp3) is 0.600. The van der Waals surface area contributed by atoms with Crippen LogP contribution in [0.25, 0.3) is 0 Å². The van der Waals surface area contributed by atoms with Crippen LogP contribution in [0.4, 0.5) is 0 Å². The molecule has 18 heavy (non-hydrogen) atoms. The number of likely N-dealkylation sites (N-methyl/N-ethyl adjacent to an activating group) is 1. The molecule has 0 unspecified atom stereocenters. The quantitative estimate of drug-likeness (QED) is 0.687. The van der Waals surface area contributed by atoms with E-state index in [4.69, 9.17) is 16.3 Å². The smallest absolute Gasteiger partial charge is 0.245 e. The Morgan fingerprint density at radius 1 is 1.56 bits per heavy atom. The fourth-order valence-corrected chi connectivity index (χ4v) is 5.58. The number of thiophene rings is 1. The molecule has 1 aromatic heterocycles. The lowest BCUT2D eigenvalue weighted by molar-refractivity contribution is 0.180. The molecule has 0 spiro atoms. The van der Waals surface area contributed by atoms with Gasteiger partial charge in [-0.05, 0) is 22.0 Å². The Kier molecular flexibility index (Phi) is 6.57. The second-order valence-electron chi connectivity index (χ2n) is 3.47. The van der Waals surface area contributed by atoms with Crippen LogP contribution in [-0.2, 0) is 20.6 Å². The highest BCUT2D eigenvalue weighted by atomic mass is 79.9. The van der Waals surface area contributed by atoms with E-state index in [1.165, 1.54) is 15.6 Å². The van der Waals surface area contributed by atoms with Crippen LogP contribution in [0, 0.1) is 0 Å². The molecule has 1 heterocycles. The fourth-order valence-electron chi connectivity index (χ4n) is 1.42. The number of hydrogen-bond donors (Lipinski definition) is 0. The molecular formula is C10H15BrClNO3S2. The monoisotopic (exact) mass is 375 g/mol. The van der Waals surface area contributed by atoms with E-state index in [0.717, 1.165) is 4.88 Å². The highest BCUT2D eigenvalue weighted by Gasteiger charge is 2.27. The van der Waals surface area contributed by atoms with Gasteiger partial charge in [0.1, 0.15) is 4.90 Å². The molecule has 0 aliphatic carbocycles. The molecule has 0 N–H and O–H groups in total. The predicted octanol–water partition coefficient (Wildman–Crippen LogP) is 2.91. The highest BCUT2D eigenvalue weighted by molar-refractivity contribution is 9.11. The van der Waals surface area contributed by atoms with Gasteiger partial charge in [-0.1, -0.05) is 6.92 Å². The molecule has 0 saturated carbocycles. The maximum absolute atomic E-state index is 12.4. The van der Waals surface area contributed by atoms with Gasteiger partial charge in [-0.2, -0.15) is 4.31 Å². The van der Waals surface area contributed by atoms with Crippen molar-refractivity contribution in [3.8, 4) is 0 Å². The summed E-state index contributed by atoms with van der Waals surface area (Å²) in [4.78, 5) is 1.10. The van der Waals surface area contributed by atoms with Crippen LogP contribution in [0.1, 0.15) is 11.8 Å². The van der Waals surface area contributed by atoms with Gasteiger partial charge in [0.25, 0.3) is 0 Å². The molecule has 0 atom stereocenters. The number of halogens is 2. The van der Waals surface area contributed by atoms with Crippen LogP contribution in [0.15, 0.2) is 14.7 Å². The van der Waals surface area contributed by atoms with Crippen molar-refractivity contribution in [2.24, 2.45) is 0 Å². The van der Waals surface area contributed by atoms with E-state index < -0.39 is 10.0 Å². The number of hydrogen-bond acceptors (Lipinski definition) is 4. The first-order valence-electron chi connectivity index (χ1n) is 5.30. The summed E-state index contributed by atoms with van der Waals surface area (Å²) in [6, 6.07) is 1.62. The Morgan fingerprint density at radius 3 is 2.67 bits per heavy atom. The lowest BCUT2D eigenvalue weighted by Crippen LogP contribution is -2.33. The van der Waals surface area contributed by atoms with Crippen LogP contribution >= 0.6 is 38.9 Å². The Morgan fingerprint density at radius 2 is 2.22 bits per heavy atom. The second-order valence-corrected chi connectivity index (χ2v) is 8.10. The van der Waals surface area contributed by atoms with Crippen LogP contribution in [-0.4, -0.2) is 39.5 Å². The van der Waals surface area contributed by atoms with Gasteiger partial charge in [0.05, 0.1) is 16.3 Å². The van der Waals surface area contributed by atoms with Gasteiger partial charge in [0, 0.05) is 25.1 Å². The van der Waals surface area contributed by atoms with E-state index in [2.05, 4.69) is 15.9 Å². The van der Waals surface area contributed by atoms with Crippen molar-refractivity contribution in [1.29, 1.82) is 0 Å². The van der Waals surface area contributed by atoms with Gasteiger partial charge in [-0.3, -0.25) is 0 Å². The van der Waals surface area contributed by atoms with Crippen molar-refractivity contribution in [2.75, 3.05) is 26.8 Å². The van der Waals surface area contributed by atoms with E-state index in [1.807, 2.05) is 0 Å². The molecule has 0 bridgehead atoms. The zero-order valence-electron chi connectivity index (χ0n) is 10.2. The molecule has 0 aliphatic heterocycles. The van der Waals surface area contributed by atoms with E-state index in [-0.39, 0.29) is 4.90 Å². The molecule has 0 amide bonds. The van der Waals surface area contributed by atoms with E-state index in [0.29, 0.717) is 29.4 Å². The molecule has 0 radical (unpaired) electrons. The molecule has 0 saturated heterocycles. The van der Waals surface area contributed by atoms with E-state index in [9.17, 15) is 8.42 Å². The lowest BCUT2D eigenvalue weighted by atomic mass is 10.5. The standard InChI is InChI=1S/C10H15BrClNO3S2/c1-3-13(4-5-16-2)18(14,15)9-6-8(7-12)17-10(9)11/h6H,3-5,7H2,1-2H3. The Balaban J connectivity index is 3.06. The molecule has 0 aromatic carbocycles. The number of sulfonamides is 1. The average Bonchev–Trinajstić information content (AvgIpc) is 2.72. The molecule has 104 valence electrons. The molecule has 8 heteroatoms. The van der Waals surface area contributed by atoms with Crippen LogP contribution < -0.4 is 0 Å². The number of ether oxygens (including phenoxy) is 1. The third-order valence-electron chi connectivity index (χ3n) is 2.35. The Hall–Kier alpha value is 0.340. The van der Waals surface area contributed by atoms with Gasteiger partial charge < -0.3 is 4.74 Å². The van der Waals surface area contributed by atoms with Gasteiger partial charge in [0.2, 0.25) is 10.0 Å². The molecule has 1 aromatic rings. The largest absolute Gasteiger partial charge is 0.383 e. The Bertz CT molecular complexity index is 489. The Labute approximate surface area is 125 Å². The van der Waals surface area contributed by atoms with Crippen molar-refractivity contribution in [3.05, 3.63) is 14.7 Å². The zero-order valence-corrected chi connectivity index (χ0v) is 14.1. The summed E-state index contributed by atoms with van der Waals surface area (Å²) in [6.45, 7) is 2.92. The van der Waals surface area contributed by atoms with E-state index in [1.54, 1.807) is 20.1 Å². The maximum Gasteiger partial charge on any atom is 0.245 e. The van der Waals surface area contributed by atoms with Gasteiger partial charge in [0.15, 0.2) is 0 Å². The van der Waals surface area contributed by atoms with Crippen LogP contribution in [0.5, 0.6) is 0 Å². The third kappa shape index (κ3) is 3.68. The van der Waals surface area contributed by atoms with Crippen molar-refractivity contribution >= 4 is 48.9 Å². The summed E-state index contributed by atoms with van der Waals surface area (Å²) >= 11 is 10.3. The maximum atomic E-state index is 12.4. The molecule has 0 fully saturated rings. The third-order valence-corrected chi connectivity index (χ3v) is 7.03. The molecule has 0 aliphatic rings. The summed E-state index contributed by atoms with van der Waals surface area (Å²) in [5.41, 5.74) is 0. The first-order valence-corrected chi connectivity index (χ1v) is 8.89. The summed E-state index contributed by atoms with van der Waals surface area (Å²) < 4.78 is 31.8. The van der Waals surface area contributed by atoms with Crippen LogP contribution in [0.2, 0.25) is 0 Å². The summed E-state index contributed by atoms with van der Waals surface area (Å²) in [5.74, 6) is 0.309. The highest BCUT2D eigenvalue weighted by Crippen LogP contribution is 2.34. The topological polar surface area (TPSA) is 46.6 Å². The van der Waals surface area contributed by atoms with Crippen molar-refractivity contribution in [1.82, 2.24) is 4.31 Å². The minimum atomic E-state index is -3.49. The van der Waals surface area contributed by atoms with E-state index >= 15 is 0 Å². The molecular weight excluding hydrogens is 362 g/mol. The summed E-state index contributed by atoms with van der Waals surface area (Å²) in [5, 5.41) is 0. The minimum Gasteiger partial charge on any atom is -0.383 e. The number of rotatable bonds is 7. The minimum absolute atomic E-state index is 0.279. The average molecular weight is 377 g/mol. The zero-order chi connectivity index (χ0) is 13.8. The normalized spacial score (nSPS) is 12.3. The summed E-state index contributed by atoms with van der Waals surface area (Å²) in [6.07, 6.45) is 0. The second kappa shape index (κ2) is 7.21. The predicted molar refractivity (Wildman–Crippen MR) is 77.9 cm³/mol.